The van der Waals surface area contributed by atoms with Crippen molar-refractivity contribution >= 4 is 5.91 Å². The highest BCUT2D eigenvalue weighted by atomic mass is 16.6. The Labute approximate surface area is 87.9 Å². The van der Waals surface area contributed by atoms with Crippen LogP contribution in [0.15, 0.2) is 24.3 Å². The molecule has 1 aromatic carbocycles. The Kier molecular flexibility index (Phi) is 4.43. The van der Waals surface area contributed by atoms with Gasteiger partial charge in [-0.15, -0.1) is 0 Å². The second-order valence-electron chi connectivity index (χ2n) is 2.69. The highest BCUT2D eigenvalue weighted by molar-refractivity contribution is 5.76. The Morgan fingerprint density at radius 3 is 2.33 bits per heavy atom. The fourth-order valence-corrected chi connectivity index (χ4v) is 0.964. The van der Waals surface area contributed by atoms with E-state index in [-0.39, 0.29) is 12.5 Å². The Morgan fingerprint density at radius 1 is 1.20 bits per heavy atom. The Morgan fingerprint density at radius 2 is 1.80 bits per heavy atom. The minimum absolute atomic E-state index is 0.0832. The van der Waals surface area contributed by atoms with Gasteiger partial charge in [0, 0.05) is 0 Å². The van der Waals surface area contributed by atoms with Crippen LogP contribution in [0.2, 0.25) is 0 Å². The van der Waals surface area contributed by atoms with E-state index in [0.29, 0.717) is 5.75 Å². The molecule has 1 N–H and O–H groups in total. The molecule has 0 saturated carbocycles. The van der Waals surface area contributed by atoms with Gasteiger partial charge in [-0.05, 0) is 24.3 Å². The molecule has 5 nitrogen and oxygen atoms in total. The standard InChI is InChI=1S/C10H13NO4/c1-13-8-3-5-9(6-4-8)15-7-10(12)11-14-2/h3-6H,7H2,1-2H3,(H,11,12). The summed E-state index contributed by atoms with van der Waals surface area (Å²) in [6.45, 7) is -0.0832. The first-order chi connectivity index (χ1) is 7.26. The smallest absolute Gasteiger partial charge is 0.281 e. The second kappa shape index (κ2) is 5.87. The Balaban J connectivity index is 2.40. The van der Waals surface area contributed by atoms with Gasteiger partial charge >= 0.3 is 0 Å². The maximum absolute atomic E-state index is 11.0. The molecule has 0 aliphatic rings. The average Bonchev–Trinajstić information content (AvgIpc) is 2.27. The molecule has 0 radical (unpaired) electrons. The molecule has 0 bridgehead atoms. The number of ether oxygens (including phenoxy) is 2. The van der Waals surface area contributed by atoms with E-state index in [1.54, 1.807) is 31.4 Å². The van der Waals surface area contributed by atoms with Crippen molar-refractivity contribution in [2.45, 2.75) is 0 Å². The topological polar surface area (TPSA) is 56.8 Å². The molecule has 0 fully saturated rings. The van der Waals surface area contributed by atoms with Crippen LogP contribution < -0.4 is 15.0 Å². The minimum atomic E-state index is -0.340. The first-order valence-corrected chi connectivity index (χ1v) is 4.35. The van der Waals surface area contributed by atoms with Crippen LogP contribution in [0.1, 0.15) is 0 Å². The van der Waals surface area contributed by atoms with E-state index < -0.39 is 0 Å². The maximum Gasteiger partial charge on any atom is 0.281 e. The number of nitrogens with one attached hydrogen (secondary N) is 1. The number of hydroxylamine groups is 1. The van der Waals surface area contributed by atoms with Crippen molar-refractivity contribution in [3.05, 3.63) is 24.3 Å². The Bertz CT molecular complexity index is 310. The Hall–Kier alpha value is -1.75. The van der Waals surface area contributed by atoms with Gasteiger partial charge in [-0.2, -0.15) is 0 Å². The SMILES string of the molecule is CONC(=O)COc1ccc(OC)cc1. The van der Waals surface area contributed by atoms with Gasteiger partial charge in [0.05, 0.1) is 14.2 Å². The first-order valence-electron chi connectivity index (χ1n) is 4.35. The van der Waals surface area contributed by atoms with Crippen LogP contribution in [0.5, 0.6) is 11.5 Å². The number of benzene rings is 1. The molecule has 0 aromatic heterocycles. The van der Waals surface area contributed by atoms with Crippen LogP contribution in [-0.2, 0) is 9.63 Å². The molecule has 1 rings (SSSR count). The fourth-order valence-electron chi connectivity index (χ4n) is 0.964. The second-order valence-corrected chi connectivity index (χ2v) is 2.69. The van der Waals surface area contributed by atoms with E-state index in [1.165, 1.54) is 7.11 Å². The molecule has 0 aliphatic carbocycles. The van der Waals surface area contributed by atoms with Crippen LogP contribution in [0.25, 0.3) is 0 Å². The molecule has 15 heavy (non-hydrogen) atoms. The van der Waals surface area contributed by atoms with Crippen molar-refractivity contribution in [1.29, 1.82) is 0 Å². The van der Waals surface area contributed by atoms with Gasteiger partial charge in [0.25, 0.3) is 5.91 Å². The molecular formula is C10H13NO4. The lowest BCUT2D eigenvalue weighted by molar-refractivity contribution is -0.133. The molecular weight excluding hydrogens is 198 g/mol. The van der Waals surface area contributed by atoms with Crippen molar-refractivity contribution in [2.75, 3.05) is 20.8 Å². The zero-order chi connectivity index (χ0) is 11.1. The number of amides is 1. The zero-order valence-electron chi connectivity index (χ0n) is 8.65. The van der Waals surface area contributed by atoms with Crippen LogP contribution >= 0.6 is 0 Å². The number of rotatable bonds is 5. The summed E-state index contributed by atoms with van der Waals surface area (Å²) >= 11 is 0. The average molecular weight is 211 g/mol. The van der Waals surface area contributed by atoms with Gasteiger partial charge < -0.3 is 9.47 Å². The number of methoxy groups -OCH3 is 1. The highest BCUT2D eigenvalue weighted by Crippen LogP contribution is 2.16. The summed E-state index contributed by atoms with van der Waals surface area (Å²) in [5.74, 6) is 0.999. The fraction of sp³-hybridized carbons (Fsp3) is 0.300. The number of hydrogen-bond donors (Lipinski definition) is 1. The number of carbonyl (C=O) groups is 1. The molecule has 0 spiro atoms. The third-order valence-corrected chi connectivity index (χ3v) is 1.65. The van der Waals surface area contributed by atoms with Crippen molar-refractivity contribution in [1.82, 2.24) is 5.48 Å². The third kappa shape index (κ3) is 3.86. The summed E-state index contributed by atoms with van der Waals surface area (Å²) in [5.41, 5.74) is 2.15. The maximum atomic E-state index is 11.0. The summed E-state index contributed by atoms with van der Waals surface area (Å²) in [7, 11) is 2.95. The first kappa shape index (κ1) is 11.3. The highest BCUT2D eigenvalue weighted by Gasteiger charge is 2.01. The van der Waals surface area contributed by atoms with E-state index in [4.69, 9.17) is 9.47 Å². The molecule has 82 valence electrons. The lowest BCUT2D eigenvalue weighted by Crippen LogP contribution is -2.27. The number of hydrogen-bond acceptors (Lipinski definition) is 4. The van der Waals surface area contributed by atoms with Gasteiger partial charge in [0.1, 0.15) is 11.5 Å². The monoisotopic (exact) mass is 211 g/mol. The van der Waals surface area contributed by atoms with Crippen molar-refractivity contribution in [3.8, 4) is 11.5 Å². The summed E-state index contributed by atoms with van der Waals surface area (Å²) in [6, 6.07) is 6.95. The number of carbonyl (C=O) groups excluding carboxylic acids is 1. The van der Waals surface area contributed by atoms with E-state index in [2.05, 4.69) is 10.3 Å². The third-order valence-electron chi connectivity index (χ3n) is 1.65. The van der Waals surface area contributed by atoms with Gasteiger partial charge in [-0.1, -0.05) is 0 Å². The van der Waals surface area contributed by atoms with Gasteiger partial charge in [0.15, 0.2) is 6.61 Å². The lowest BCUT2D eigenvalue weighted by atomic mass is 10.3. The molecule has 0 unspecified atom stereocenters. The molecule has 0 heterocycles. The van der Waals surface area contributed by atoms with Crippen molar-refractivity contribution in [2.24, 2.45) is 0 Å². The van der Waals surface area contributed by atoms with E-state index >= 15 is 0 Å². The minimum Gasteiger partial charge on any atom is -0.497 e. The predicted octanol–water partition coefficient (Wildman–Crippen LogP) is 0.752. The van der Waals surface area contributed by atoms with Crippen LogP contribution in [0.3, 0.4) is 0 Å². The molecule has 1 aromatic rings. The molecule has 0 aliphatic heterocycles. The van der Waals surface area contributed by atoms with Gasteiger partial charge in [-0.3, -0.25) is 9.63 Å². The van der Waals surface area contributed by atoms with Crippen molar-refractivity contribution < 1.29 is 19.1 Å². The van der Waals surface area contributed by atoms with Gasteiger partial charge in [-0.25, -0.2) is 5.48 Å². The lowest BCUT2D eigenvalue weighted by Gasteiger charge is -2.06. The van der Waals surface area contributed by atoms with E-state index in [9.17, 15) is 4.79 Å². The quantitative estimate of drug-likeness (QED) is 0.730. The van der Waals surface area contributed by atoms with Crippen LogP contribution in [0, 0.1) is 0 Å². The van der Waals surface area contributed by atoms with Crippen LogP contribution in [-0.4, -0.2) is 26.7 Å². The normalized spacial score (nSPS) is 9.47. The zero-order valence-corrected chi connectivity index (χ0v) is 8.65. The van der Waals surface area contributed by atoms with E-state index in [1.807, 2.05) is 0 Å². The largest absolute Gasteiger partial charge is 0.497 e. The summed E-state index contributed by atoms with van der Waals surface area (Å²) in [4.78, 5) is 15.4. The predicted molar refractivity (Wildman–Crippen MR) is 53.6 cm³/mol. The van der Waals surface area contributed by atoms with E-state index in [0.717, 1.165) is 5.75 Å². The molecule has 1 amide bonds. The van der Waals surface area contributed by atoms with Crippen molar-refractivity contribution in [3.63, 3.8) is 0 Å². The molecule has 0 atom stereocenters. The molecule has 5 heteroatoms. The summed E-state index contributed by atoms with van der Waals surface area (Å²) < 4.78 is 10.2. The summed E-state index contributed by atoms with van der Waals surface area (Å²) in [6.07, 6.45) is 0. The summed E-state index contributed by atoms with van der Waals surface area (Å²) in [5, 5.41) is 0. The molecule has 0 saturated heterocycles. The van der Waals surface area contributed by atoms with Crippen LogP contribution in [0.4, 0.5) is 0 Å². The van der Waals surface area contributed by atoms with Gasteiger partial charge in [0.2, 0.25) is 0 Å².